The van der Waals surface area contributed by atoms with Gasteiger partial charge >= 0.3 is 0 Å². The molecule has 1 unspecified atom stereocenters. The second-order valence-corrected chi connectivity index (χ2v) is 4.97. The van der Waals surface area contributed by atoms with Crippen LogP contribution in [0.5, 0.6) is 0 Å². The van der Waals surface area contributed by atoms with Crippen LogP contribution in [0.1, 0.15) is 26.2 Å². The number of likely N-dealkylation sites (N-methyl/N-ethyl adjacent to an activating group) is 1. The van der Waals surface area contributed by atoms with Crippen LogP contribution in [0.2, 0.25) is 0 Å². The predicted octanol–water partition coefficient (Wildman–Crippen LogP) is -1.71. The van der Waals surface area contributed by atoms with Gasteiger partial charge in [0, 0.05) is 12.4 Å². The molecule has 6 nitrogen and oxygen atoms in total. The smallest absolute Gasteiger partial charge is 0.151 e. The summed E-state index contributed by atoms with van der Waals surface area (Å²) < 4.78 is 0.550. The average molecular weight is 251 g/mol. The van der Waals surface area contributed by atoms with E-state index in [-0.39, 0.29) is 6.42 Å². The molecule has 104 valence electrons. The van der Waals surface area contributed by atoms with E-state index >= 15 is 0 Å². The van der Waals surface area contributed by atoms with E-state index < -0.39 is 18.4 Å². The molecule has 0 aromatic rings. The molecule has 0 saturated heterocycles. The third kappa shape index (κ3) is 21.2. The quantitative estimate of drug-likeness (QED) is 0.385. The molecule has 0 rings (SSSR count). The molecule has 1 atom stereocenters. The lowest BCUT2D eigenvalue weighted by molar-refractivity contribution is -0.873. The first-order valence-corrected chi connectivity index (χ1v) is 5.63. The summed E-state index contributed by atoms with van der Waals surface area (Å²) in [7, 11) is 5.66. The van der Waals surface area contributed by atoms with E-state index in [9.17, 15) is 9.90 Å². The predicted molar refractivity (Wildman–Crippen MR) is 61.7 cm³/mol. The molecular formula is C11H25NO5. The van der Waals surface area contributed by atoms with E-state index in [4.69, 9.17) is 15.3 Å². The van der Waals surface area contributed by atoms with Crippen LogP contribution in [-0.2, 0) is 4.79 Å². The number of hydrogen-bond acceptors (Lipinski definition) is 5. The van der Waals surface area contributed by atoms with Crippen LogP contribution >= 0.6 is 0 Å². The van der Waals surface area contributed by atoms with Crippen molar-refractivity contribution in [2.45, 2.75) is 38.6 Å². The molecule has 0 saturated carbocycles. The fraction of sp³-hybridized carbons (Fsp3) is 0.909. The highest BCUT2D eigenvalue weighted by Crippen LogP contribution is 1.97. The van der Waals surface area contributed by atoms with Crippen LogP contribution in [0, 0.1) is 0 Å². The Hall–Kier alpha value is -0.690. The second kappa shape index (κ2) is 9.35. The molecule has 0 aromatic carbocycles. The van der Waals surface area contributed by atoms with Crippen LogP contribution in [0.3, 0.4) is 0 Å². The molecule has 0 spiro atoms. The molecule has 0 heterocycles. The third-order valence-corrected chi connectivity index (χ3v) is 1.71. The van der Waals surface area contributed by atoms with Crippen LogP contribution in [0.4, 0.5) is 0 Å². The maximum atomic E-state index is 10.0. The van der Waals surface area contributed by atoms with E-state index in [0.717, 1.165) is 6.42 Å². The van der Waals surface area contributed by atoms with Gasteiger partial charge in [0.25, 0.3) is 0 Å². The summed E-state index contributed by atoms with van der Waals surface area (Å²) in [5.74, 6) is -1.20. The van der Waals surface area contributed by atoms with Crippen molar-refractivity contribution in [1.29, 1.82) is 0 Å². The monoisotopic (exact) mass is 251 g/mol. The summed E-state index contributed by atoms with van der Waals surface area (Å²) in [6.45, 7) is 2.33. The highest BCUT2D eigenvalue weighted by molar-refractivity contribution is 5.64. The Morgan fingerprint density at radius 2 is 1.71 bits per heavy atom. The number of carbonyl (C=O) groups is 1. The first-order valence-electron chi connectivity index (χ1n) is 5.63. The Morgan fingerprint density at radius 1 is 1.24 bits per heavy atom. The molecular weight excluding hydrogens is 226 g/mol. The molecule has 0 aromatic heterocycles. The van der Waals surface area contributed by atoms with Crippen molar-refractivity contribution in [2.24, 2.45) is 0 Å². The molecule has 17 heavy (non-hydrogen) atoms. The summed E-state index contributed by atoms with van der Waals surface area (Å²) in [4.78, 5) is 10.0. The zero-order chi connectivity index (χ0) is 14.1. The van der Waals surface area contributed by atoms with Crippen molar-refractivity contribution in [3.63, 3.8) is 0 Å². The van der Waals surface area contributed by atoms with Crippen LogP contribution in [-0.4, -0.2) is 65.9 Å². The van der Waals surface area contributed by atoms with Gasteiger partial charge in [0.05, 0.1) is 21.1 Å². The van der Waals surface area contributed by atoms with E-state index in [1.807, 2.05) is 28.1 Å². The fourth-order valence-corrected chi connectivity index (χ4v) is 1.15. The van der Waals surface area contributed by atoms with Gasteiger partial charge in [-0.2, -0.15) is 0 Å². The fourth-order valence-electron chi connectivity index (χ4n) is 1.15. The number of nitrogens with zero attached hydrogens (tertiary/aromatic N) is 1. The normalized spacial score (nSPS) is 12.9. The molecule has 0 aliphatic carbocycles. The zero-order valence-electron chi connectivity index (χ0n) is 11.1. The molecule has 0 radical (unpaired) electrons. The van der Waals surface area contributed by atoms with Crippen molar-refractivity contribution in [3.05, 3.63) is 0 Å². The lowest BCUT2D eigenvalue weighted by Crippen LogP contribution is -2.43. The minimum absolute atomic E-state index is 0.282. The van der Waals surface area contributed by atoms with Gasteiger partial charge in [0.1, 0.15) is 12.6 Å². The Balaban J connectivity index is 0. The average Bonchev–Trinajstić information content (AvgIpc) is 1.97. The zero-order valence-corrected chi connectivity index (χ0v) is 11.1. The van der Waals surface area contributed by atoms with Crippen molar-refractivity contribution >= 4 is 5.97 Å². The Kier molecular flexibility index (Phi) is 10.3. The van der Waals surface area contributed by atoms with Gasteiger partial charge in [-0.1, -0.05) is 13.3 Å². The molecule has 0 aliphatic rings. The second-order valence-electron chi connectivity index (χ2n) is 4.97. The van der Waals surface area contributed by atoms with Gasteiger partial charge in [-0.3, -0.25) is 0 Å². The van der Waals surface area contributed by atoms with Gasteiger partial charge in [-0.25, -0.2) is 0 Å². The first kappa shape index (κ1) is 18.7. The lowest BCUT2D eigenvalue weighted by atomic mass is 10.2. The van der Waals surface area contributed by atoms with Crippen LogP contribution in [0.25, 0.3) is 0 Å². The number of carbonyl (C=O) groups excluding carboxylic acids is 1. The number of hydrogen-bond donors (Lipinski definition) is 3. The molecule has 3 N–H and O–H groups in total. The van der Waals surface area contributed by atoms with Crippen LogP contribution in [0.15, 0.2) is 0 Å². The minimum Gasteiger partial charge on any atom is -0.550 e. The van der Waals surface area contributed by atoms with Gasteiger partial charge < -0.3 is 29.7 Å². The van der Waals surface area contributed by atoms with Crippen molar-refractivity contribution < 1.29 is 29.7 Å². The summed E-state index contributed by atoms with van der Waals surface area (Å²) in [6, 6.07) is 0. The van der Waals surface area contributed by atoms with Gasteiger partial charge in [0.2, 0.25) is 0 Å². The summed E-state index contributed by atoms with van der Waals surface area (Å²) in [5, 5.41) is 35.4. The highest BCUT2D eigenvalue weighted by atomic mass is 16.5. The molecule has 0 aliphatic heterocycles. The van der Waals surface area contributed by atoms with E-state index in [0.29, 0.717) is 17.4 Å². The van der Waals surface area contributed by atoms with Gasteiger partial charge in [-0.05, 0) is 6.42 Å². The third-order valence-electron chi connectivity index (χ3n) is 1.71. The number of rotatable bonds is 6. The highest BCUT2D eigenvalue weighted by Gasteiger charge is 2.14. The van der Waals surface area contributed by atoms with Crippen molar-refractivity contribution in [1.82, 2.24) is 0 Å². The standard InChI is InChI=1S/C7H15NO3.C4H10O2/c1-8(2,3)5-6(9)4-7(10)11;1-2-3-4(5)6/h6,9H,4-5H2,1-3H3;4-6H,2-3H2,1H3. The van der Waals surface area contributed by atoms with E-state index in [1.54, 1.807) is 0 Å². The molecule has 0 bridgehead atoms. The summed E-state index contributed by atoms with van der Waals surface area (Å²) in [5.41, 5.74) is 0. The number of aliphatic hydroxyl groups is 3. The lowest BCUT2D eigenvalue weighted by Gasteiger charge is -2.26. The van der Waals surface area contributed by atoms with Gasteiger partial charge in [-0.15, -0.1) is 0 Å². The molecule has 6 heteroatoms. The van der Waals surface area contributed by atoms with Gasteiger partial charge in [0.15, 0.2) is 6.29 Å². The number of quaternary nitrogens is 1. The Morgan fingerprint density at radius 3 is 1.88 bits per heavy atom. The van der Waals surface area contributed by atoms with Crippen molar-refractivity contribution in [2.75, 3.05) is 27.7 Å². The Bertz CT molecular complexity index is 201. The SMILES string of the molecule is CCCC(O)O.C[N+](C)(C)CC(O)CC(=O)[O-]. The molecule has 0 fully saturated rings. The minimum atomic E-state index is -1.20. The maximum absolute atomic E-state index is 10.0. The number of aliphatic hydroxyl groups excluding tert-OH is 2. The first-order chi connectivity index (χ1) is 7.58. The van der Waals surface area contributed by atoms with E-state index in [2.05, 4.69) is 0 Å². The Labute approximate surface area is 103 Å². The number of aliphatic carboxylic acids is 1. The number of carboxylic acid groups (broad SMARTS) is 1. The van der Waals surface area contributed by atoms with E-state index in [1.165, 1.54) is 0 Å². The largest absolute Gasteiger partial charge is 0.550 e. The topological polar surface area (TPSA) is 101 Å². The summed E-state index contributed by atoms with van der Waals surface area (Å²) >= 11 is 0. The number of carboxylic acids is 1. The molecule has 0 amide bonds. The maximum Gasteiger partial charge on any atom is 0.151 e. The van der Waals surface area contributed by atoms with Crippen molar-refractivity contribution in [3.8, 4) is 0 Å². The summed E-state index contributed by atoms with van der Waals surface area (Å²) in [6.07, 6.45) is -0.873. The van der Waals surface area contributed by atoms with Crippen LogP contribution < -0.4 is 5.11 Å².